The zero-order valence-corrected chi connectivity index (χ0v) is 15.7. The van der Waals surface area contributed by atoms with Crippen LogP contribution in [0, 0.1) is 0 Å². The fourth-order valence-corrected chi connectivity index (χ4v) is 3.08. The standard InChI is InChI=1S/C23H20F3NO2/c1-2-29-20-14-13-18(23(24,25)26)15-19(20)27-22(28)21(16-9-5-3-6-10-16)17-11-7-4-8-12-17/h3-15,21H,2H2,1H3,(H,27,28). The van der Waals surface area contributed by atoms with Gasteiger partial charge in [0, 0.05) is 0 Å². The van der Waals surface area contributed by atoms with Crippen molar-refractivity contribution in [2.24, 2.45) is 0 Å². The highest BCUT2D eigenvalue weighted by molar-refractivity contribution is 5.99. The minimum absolute atomic E-state index is 0.0106. The molecule has 0 aromatic heterocycles. The van der Waals surface area contributed by atoms with E-state index >= 15 is 0 Å². The zero-order valence-electron chi connectivity index (χ0n) is 15.7. The number of benzene rings is 3. The highest BCUT2D eigenvalue weighted by Gasteiger charge is 2.32. The van der Waals surface area contributed by atoms with Crippen molar-refractivity contribution in [3.05, 3.63) is 95.6 Å². The summed E-state index contributed by atoms with van der Waals surface area (Å²) < 4.78 is 44.9. The van der Waals surface area contributed by atoms with Crippen molar-refractivity contribution in [1.29, 1.82) is 0 Å². The van der Waals surface area contributed by atoms with E-state index in [1.165, 1.54) is 6.07 Å². The Balaban J connectivity index is 2.00. The van der Waals surface area contributed by atoms with Gasteiger partial charge in [0.05, 0.1) is 23.8 Å². The van der Waals surface area contributed by atoms with Crippen LogP contribution in [0.25, 0.3) is 0 Å². The summed E-state index contributed by atoms with van der Waals surface area (Å²) in [5, 5.41) is 2.64. The minimum atomic E-state index is -4.53. The van der Waals surface area contributed by atoms with Crippen LogP contribution in [0.15, 0.2) is 78.9 Å². The number of hydrogen-bond acceptors (Lipinski definition) is 2. The number of nitrogens with one attached hydrogen (secondary N) is 1. The average Bonchev–Trinajstić information content (AvgIpc) is 2.70. The molecule has 1 N–H and O–H groups in total. The second-order valence-electron chi connectivity index (χ2n) is 6.39. The molecule has 0 bridgehead atoms. The van der Waals surface area contributed by atoms with E-state index in [0.717, 1.165) is 23.3 Å². The van der Waals surface area contributed by atoms with Gasteiger partial charge in [-0.3, -0.25) is 4.79 Å². The molecular weight excluding hydrogens is 379 g/mol. The predicted octanol–water partition coefficient (Wildman–Crippen LogP) is 5.87. The van der Waals surface area contributed by atoms with Gasteiger partial charge in [-0.05, 0) is 36.2 Å². The number of rotatable bonds is 6. The summed E-state index contributed by atoms with van der Waals surface area (Å²) in [5.41, 5.74) is 0.609. The van der Waals surface area contributed by atoms with E-state index < -0.39 is 23.6 Å². The molecule has 0 unspecified atom stereocenters. The lowest BCUT2D eigenvalue weighted by molar-refractivity contribution is -0.137. The molecule has 0 spiro atoms. The van der Waals surface area contributed by atoms with Crippen LogP contribution in [0.2, 0.25) is 0 Å². The van der Waals surface area contributed by atoms with Crippen molar-refractivity contribution in [2.75, 3.05) is 11.9 Å². The van der Waals surface area contributed by atoms with Gasteiger partial charge in [-0.25, -0.2) is 0 Å². The first-order valence-corrected chi connectivity index (χ1v) is 9.15. The lowest BCUT2D eigenvalue weighted by atomic mass is 9.90. The number of amides is 1. The van der Waals surface area contributed by atoms with Crippen LogP contribution in [-0.4, -0.2) is 12.5 Å². The Morgan fingerprint density at radius 3 is 1.97 bits per heavy atom. The molecule has 150 valence electrons. The lowest BCUT2D eigenvalue weighted by Gasteiger charge is -2.20. The number of alkyl halides is 3. The van der Waals surface area contributed by atoms with Gasteiger partial charge in [0.15, 0.2) is 0 Å². The number of anilines is 1. The Kier molecular flexibility index (Phi) is 6.22. The molecule has 0 aliphatic rings. The third-order valence-electron chi connectivity index (χ3n) is 4.39. The molecule has 0 aliphatic heterocycles. The van der Waals surface area contributed by atoms with Crippen LogP contribution in [0.4, 0.5) is 18.9 Å². The van der Waals surface area contributed by atoms with Crippen molar-refractivity contribution >= 4 is 11.6 Å². The number of carbonyl (C=O) groups excluding carboxylic acids is 1. The van der Waals surface area contributed by atoms with Gasteiger partial charge in [-0.1, -0.05) is 60.7 Å². The molecule has 3 rings (SSSR count). The quantitative estimate of drug-likeness (QED) is 0.563. The van der Waals surface area contributed by atoms with Crippen LogP contribution < -0.4 is 10.1 Å². The Morgan fingerprint density at radius 2 is 1.48 bits per heavy atom. The van der Waals surface area contributed by atoms with E-state index in [2.05, 4.69) is 5.32 Å². The number of ether oxygens (including phenoxy) is 1. The molecule has 0 radical (unpaired) electrons. The molecule has 1 amide bonds. The highest BCUT2D eigenvalue weighted by atomic mass is 19.4. The van der Waals surface area contributed by atoms with Crippen molar-refractivity contribution in [1.82, 2.24) is 0 Å². The van der Waals surface area contributed by atoms with Crippen LogP contribution in [-0.2, 0) is 11.0 Å². The fourth-order valence-electron chi connectivity index (χ4n) is 3.08. The smallest absolute Gasteiger partial charge is 0.416 e. The van der Waals surface area contributed by atoms with E-state index in [1.807, 2.05) is 60.7 Å². The number of hydrogen-bond donors (Lipinski definition) is 1. The summed E-state index contributed by atoms with van der Waals surface area (Å²) in [6.07, 6.45) is -4.53. The molecule has 0 atom stereocenters. The van der Waals surface area contributed by atoms with Crippen LogP contribution in [0.5, 0.6) is 5.75 Å². The second-order valence-corrected chi connectivity index (χ2v) is 6.39. The topological polar surface area (TPSA) is 38.3 Å². The first-order valence-electron chi connectivity index (χ1n) is 9.15. The first kappa shape index (κ1) is 20.5. The monoisotopic (exact) mass is 399 g/mol. The van der Waals surface area contributed by atoms with Gasteiger partial charge in [-0.15, -0.1) is 0 Å². The summed E-state index contributed by atoms with van der Waals surface area (Å²) >= 11 is 0. The van der Waals surface area contributed by atoms with Gasteiger partial charge in [0.2, 0.25) is 5.91 Å². The Bertz CT molecular complexity index is 917. The van der Waals surface area contributed by atoms with Crippen molar-refractivity contribution in [3.63, 3.8) is 0 Å². The predicted molar refractivity (Wildman–Crippen MR) is 106 cm³/mol. The molecule has 3 aromatic rings. The summed E-state index contributed by atoms with van der Waals surface area (Å²) in [7, 11) is 0. The van der Waals surface area contributed by atoms with E-state index in [9.17, 15) is 18.0 Å². The average molecular weight is 399 g/mol. The van der Waals surface area contributed by atoms with Crippen molar-refractivity contribution in [3.8, 4) is 5.75 Å². The minimum Gasteiger partial charge on any atom is -0.492 e. The zero-order chi connectivity index (χ0) is 20.9. The Hall–Kier alpha value is -3.28. The first-order chi connectivity index (χ1) is 13.9. The van der Waals surface area contributed by atoms with E-state index in [-0.39, 0.29) is 18.0 Å². The summed E-state index contributed by atoms with van der Waals surface area (Å²) in [6.45, 7) is 1.98. The van der Waals surface area contributed by atoms with E-state index in [4.69, 9.17) is 4.74 Å². The number of carbonyl (C=O) groups is 1. The molecule has 3 nitrogen and oxygen atoms in total. The van der Waals surface area contributed by atoms with E-state index in [0.29, 0.717) is 0 Å². The maximum absolute atomic E-state index is 13.2. The molecule has 6 heteroatoms. The van der Waals surface area contributed by atoms with Crippen LogP contribution >= 0.6 is 0 Å². The molecule has 3 aromatic carbocycles. The molecular formula is C23H20F3NO2. The van der Waals surface area contributed by atoms with Crippen LogP contribution in [0.1, 0.15) is 29.5 Å². The van der Waals surface area contributed by atoms with E-state index in [1.54, 1.807) is 6.92 Å². The third kappa shape index (κ3) is 4.96. The normalized spacial score (nSPS) is 11.3. The Labute approximate surface area is 167 Å². The van der Waals surface area contributed by atoms with Crippen molar-refractivity contribution in [2.45, 2.75) is 19.0 Å². The van der Waals surface area contributed by atoms with Gasteiger partial charge in [0.25, 0.3) is 0 Å². The largest absolute Gasteiger partial charge is 0.492 e. The van der Waals surface area contributed by atoms with Crippen LogP contribution in [0.3, 0.4) is 0 Å². The maximum Gasteiger partial charge on any atom is 0.416 e. The summed E-state index contributed by atoms with van der Waals surface area (Å²) in [5.74, 6) is -0.933. The maximum atomic E-state index is 13.2. The fraction of sp³-hybridized carbons (Fsp3) is 0.174. The van der Waals surface area contributed by atoms with Gasteiger partial charge in [0.1, 0.15) is 5.75 Å². The van der Waals surface area contributed by atoms with Crippen molar-refractivity contribution < 1.29 is 22.7 Å². The molecule has 0 saturated carbocycles. The highest BCUT2D eigenvalue weighted by Crippen LogP contribution is 2.36. The number of halogens is 3. The summed E-state index contributed by atoms with van der Waals surface area (Å²) in [6, 6.07) is 21.2. The molecule has 0 saturated heterocycles. The Morgan fingerprint density at radius 1 is 0.931 bits per heavy atom. The van der Waals surface area contributed by atoms with Gasteiger partial charge < -0.3 is 10.1 Å². The molecule has 29 heavy (non-hydrogen) atoms. The summed E-state index contributed by atoms with van der Waals surface area (Å²) in [4.78, 5) is 13.2. The molecule has 0 heterocycles. The third-order valence-corrected chi connectivity index (χ3v) is 4.39. The SMILES string of the molecule is CCOc1ccc(C(F)(F)F)cc1NC(=O)C(c1ccccc1)c1ccccc1. The van der Waals surface area contributed by atoms with Gasteiger partial charge >= 0.3 is 6.18 Å². The lowest BCUT2D eigenvalue weighted by Crippen LogP contribution is -2.23. The molecule has 0 fully saturated rings. The molecule has 0 aliphatic carbocycles. The second kappa shape index (κ2) is 8.82. The van der Waals surface area contributed by atoms with Gasteiger partial charge in [-0.2, -0.15) is 13.2 Å².